The summed E-state index contributed by atoms with van der Waals surface area (Å²) in [6, 6.07) is 0. The zero-order chi connectivity index (χ0) is 18.6. The maximum atomic E-state index is 12.7. The monoisotopic (exact) mass is 405 g/mol. The summed E-state index contributed by atoms with van der Waals surface area (Å²) in [5.41, 5.74) is 0.792. The van der Waals surface area contributed by atoms with Crippen molar-refractivity contribution >= 4 is 30.5 Å². The molecule has 0 atom stereocenters. The lowest BCUT2D eigenvalue weighted by Crippen LogP contribution is -2.38. The van der Waals surface area contributed by atoms with Crippen molar-refractivity contribution in [2.45, 2.75) is 13.3 Å². The van der Waals surface area contributed by atoms with Crippen LogP contribution in [0.3, 0.4) is 0 Å². The number of allylic oxidation sites excluding steroid dienone is 5. The zero-order valence-electron chi connectivity index (χ0n) is 12.7. The highest BCUT2D eigenvalue weighted by atomic mass is 32.3. The van der Waals surface area contributed by atoms with Crippen molar-refractivity contribution < 1.29 is 33.0 Å². The fourth-order valence-electron chi connectivity index (χ4n) is 1.82. The van der Waals surface area contributed by atoms with Crippen LogP contribution in [0.1, 0.15) is 13.3 Å². The second-order valence-electron chi connectivity index (χ2n) is 5.01. The molecular formula is C12H17F2NO6S3. The lowest BCUT2D eigenvalue weighted by atomic mass is 10.2. The molecule has 0 saturated carbocycles. The van der Waals surface area contributed by atoms with Crippen molar-refractivity contribution in [3.8, 4) is 0 Å². The second kappa shape index (κ2) is 7.85. The van der Waals surface area contributed by atoms with E-state index in [1.54, 1.807) is 13.0 Å². The summed E-state index contributed by atoms with van der Waals surface area (Å²) in [6.07, 6.45) is 6.12. The minimum absolute atomic E-state index is 0.205. The van der Waals surface area contributed by atoms with E-state index >= 15 is 0 Å². The lowest BCUT2D eigenvalue weighted by Gasteiger charge is -2.21. The van der Waals surface area contributed by atoms with Crippen LogP contribution < -0.4 is 0 Å². The van der Waals surface area contributed by atoms with E-state index in [1.807, 2.05) is 0 Å². The van der Waals surface area contributed by atoms with Gasteiger partial charge in [-0.25, -0.2) is 8.42 Å². The molecule has 24 heavy (non-hydrogen) atoms. The van der Waals surface area contributed by atoms with Crippen molar-refractivity contribution in [1.29, 1.82) is 0 Å². The number of hydrogen-bond donors (Lipinski definition) is 0. The Morgan fingerprint density at radius 2 is 1.42 bits per heavy atom. The van der Waals surface area contributed by atoms with Crippen molar-refractivity contribution in [1.82, 2.24) is 4.31 Å². The Kier molecular flexibility index (Phi) is 6.84. The van der Waals surface area contributed by atoms with Gasteiger partial charge in [0.25, 0.3) is 0 Å². The van der Waals surface area contributed by atoms with Gasteiger partial charge in [-0.05, 0) is 19.4 Å². The van der Waals surface area contributed by atoms with E-state index in [1.165, 1.54) is 18.2 Å². The molecule has 0 fully saturated rings. The smallest absolute Gasteiger partial charge is 0.207 e. The van der Waals surface area contributed by atoms with E-state index in [-0.39, 0.29) is 11.3 Å². The predicted octanol–water partition coefficient (Wildman–Crippen LogP) is 1.01. The molecule has 0 aromatic carbocycles. The summed E-state index contributed by atoms with van der Waals surface area (Å²) in [5.74, 6) is -2.32. The van der Waals surface area contributed by atoms with Gasteiger partial charge in [0.1, 0.15) is 0 Å². The van der Waals surface area contributed by atoms with Gasteiger partial charge in [-0.2, -0.15) is 21.1 Å². The van der Waals surface area contributed by atoms with Crippen molar-refractivity contribution in [3.63, 3.8) is 0 Å². The van der Waals surface area contributed by atoms with Crippen LogP contribution in [0.2, 0.25) is 0 Å². The largest absolute Gasteiger partial charge is 0.303 e. The van der Waals surface area contributed by atoms with Crippen LogP contribution in [0, 0.1) is 0 Å². The summed E-state index contributed by atoms with van der Waals surface area (Å²) >= 11 is 0. The Morgan fingerprint density at radius 1 is 0.917 bits per heavy atom. The summed E-state index contributed by atoms with van der Waals surface area (Å²) < 4.78 is 93.4. The molecule has 0 aliphatic heterocycles. The molecule has 0 unspecified atom stereocenters. The summed E-state index contributed by atoms with van der Waals surface area (Å²) in [7, 11) is -14.3. The van der Waals surface area contributed by atoms with Crippen LogP contribution >= 0.6 is 0 Å². The molecule has 1 aliphatic rings. The van der Waals surface area contributed by atoms with E-state index in [9.17, 15) is 33.0 Å². The summed E-state index contributed by atoms with van der Waals surface area (Å²) in [4.78, 5) is -0.205. The number of nitrogens with zero attached hydrogens (tertiary/aromatic N) is 1. The van der Waals surface area contributed by atoms with E-state index in [0.717, 1.165) is 5.57 Å². The average molecular weight is 405 g/mol. The molecule has 0 aromatic rings. The highest BCUT2D eigenvalue weighted by molar-refractivity contribution is 7.93. The fraction of sp³-hybridized carbons (Fsp3) is 0.500. The van der Waals surface area contributed by atoms with Gasteiger partial charge < -0.3 is 0 Å². The minimum atomic E-state index is -4.98. The Bertz CT molecular complexity index is 834. The number of hydrogen-bond acceptors (Lipinski definition) is 6. The normalized spacial score (nSPS) is 16.7. The van der Waals surface area contributed by atoms with E-state index in [4.69, 9.17) is 0 Å². The van der Waals surface area contributed by atoms with Gasteiger partial charge in [-0.3, -0.25) is 0 Å². The lowest BCUT2D eigenvalue weighted by molar-refractivity contribution is 0.443. The molecule has 0 N–H and O–H groups in total. The highest BCUT2D eigenvalue weighted by Crippen LogP contribution is 2.20. The van der Waals surface area contributed by atoms with Crippen LogP contribution in [0.5, 0.6) is 0 Å². The maximum absolute atomic E-state index is 12.7. The molecule has 0 radical (unpaired) electrons. The molecule has 12 heteroatoms. The van der Waals surface area contributed by atoms with Crippen LogP contribution in [0.25, 0.3) is 0 Å². The summed E-state index contributed by atoms with van der Waals surface area (Å²) in [5, 5.41) is 0. The van der Waals surface area contributed by atoms with Gasteiger partial charge in [-0.1, -0.05) is 23.8 Å². The first-order chi connectivity index (χ1) is 10.8. The third-order valence-corrected chi connectivity index (χ3v) is 6.36. The Hall–Kier alpha value is -1.11. The van der Waals surface area contributed by atoms with Gasteiger partial charge in [0.15, 0.2) is 0 Å². The van der Waals surface area contributed by atoms with Gasteiger partial charge >= 0.3 is 20.4 Å². The first kappa shape index (κ1) is 20.9. The number of rotatable bonds is 8. The predicted molar refractivity (Wildman–Crippen MR) is 85.9 cm³/mol. The maximum Gasteiger partial charge on any atom is 0.303 e. The van der Waals surface area contributed by atoms with Crippen molar-refractivity contribution in [2.75, 3.05) is 24.6 Å². The van der Waals surface area contributed by atoms with E-state index < -0.39 is 55.1 Å². The first-order valence-corrected chi connectivity index (χ1v) is 11.3. The Labute approximate surface area is 140 Å². The number of sulfonamides is 1. The SMILES string of the molecule is CC1=CCC=C(S(=O)(=O)N(CCS(=O)(=O)F)CCS(=O)(=O)F)C=C1. The van der Waals surface area contributed by atoms with E-state index in [2.05, 4.69) is 0 Å². The standard InChI is InChI=1S/C12H17F2NO6S3/c1-11-3-2-4-12(6-5-11)24(20,21)15(7-9-22(13,16)17)8-10-23(14,18)19/h3-6H,2,7-10H2,1H3. The third-order valence-electron chi connectivity index (χ3n) is 3.08. The zero-order valence-corrected chi connectivity index (χ0v) is 15.2. The molecule has 138 valence electrons. The van der Waals surface area contributed by atoms with E-state index in [0.29, 0.717) is 4.31 Å². The molecule has 0 saturated heterocycles. The molecule has 1 rings (SSSR count). The molecule has 1 aliphatic carbocycles. The minimum Gasteiger partial charge on any atom is -0.207 e. The van der Waals surface area contributed by atoms with Crippen molar-refractivity contribution in [3.05, 3.63) is 34.8 Å². The van der Waals surface area contributed by atoms with Crippen LogP contribution in [-0.4, -0.2) is 54.2 Å². The Morgan fingerprint density at radius 3 is 1.88 bits per heavy atom. The van der Waals surface area contributed by atoms with Crippen LogP contribution in [-0.2, 0) is 30.5 Å². The molecular weight excluding hydrogens is 388 g/mol. The second-order valence-corrected chi connectivity index (χ2v) is 9.92. The summed E-state index contributed by atoms with van der Waals surface area (Å²) in [6.45, 7) is 0.0889. The molecule has 0 amide bonds. The Balaban J connectivity index is 3.11. The van der Waals surface area contributed by atoms with Crippen LogP contribution in [0.15, 0.2) is 34.8 Å². The van der Waals surface area contributed by atoms with Gasteiger partial charge in [-0.15, -0.1) is 7.77 Å². The van der Waals surface area contributed by atoms with Crippen molar-refractivity contribution in [2.24, 2.45) is 0 Å². The molecule has 0 aromatic heterocycles. The van der Waals surface area contributed by atoms with Gasteiger partial charge in [0, 0.05) is 13.1 Å². The van der Waals surface area contributed by atoms with Gasteiger partial charge in [0.05, 0.1) is 16.4 Å². The third kappa shape index (κ3) is 7.20. The topological polar surface area (TPSA) is 106 Å². The quantitative estimate of drug-likeness (QED) is 0.558. The number of halogens is 2. The first-order valence-electron chi connectivity index (χ1n) is 6.71. The molecule has 0 heterocycles. The van der Waals surface area contributed by atoms with Gasteiger partial charge in [0.2, 0.25) is 10.0 Å². The molecule has 0 spiro atoms. The average Bonchev–Trinajstić information content (AvgIpc) is 2.61. The highest BCUT2D eigenvalue weighted by Gasteiger charge is 2.28. The molecule has 0 bridgehead atoms. The fourth-order valence-corrected chi connectivity index (χ4v) is 4.44. The molecule has 7 nitrogen and oxygen atoms in total. The van der Waals surface area contributed by atoms with Crippen LogP contribution in [0.4, 0.5) is 7.77 Å².